The molecule has 0 atom stereocenters. The summed E-state index contributed by atoms with van der Waals surface area (Å²) in [4.78, 5) is 18.7. The van der Waals surface area contributed by atoms with Gasteiger partial charge >= 0.3 is 0 Å². The van der Waals surface area contributed by atoms with Crippen LogP contribution in [0.2, 0.25) is 20.1 Å². The molecule has 3 aromatic heterocycles. The molecular weight excluding hydrogens is 1080 g/mol. The Morgan fingerprint density at radius 1 is 0.250 bits per heavy atom. The maximum absolute atomic E-state index is 10.2. The number of halogens is 4. The monoisotopic (exact) mass is 1120 g/mol. The van der Waals surface area contributed by atoms with Gasteiger partial charge in [0.05, 0.1) is 22.8 Å². The first-order valence-corrected chi connectivity index (χ1v) is 26.9. The molecule has 0 fully saturated rings. The second kappa shape index (κ2) is 20.5. The summed E-state index contributed by atoms with van der Waals surface area (Å²) in [5.74, 6) is 0.619. The van der Waals surface area contributed by atoms with Crippen LogP contribution in [0.25, 0.3) is 135 Å². The molecule has 0 saturated heterocycles. The number of H-pyrrole nitrogens is 2. The number of hydrogen-bond acceptors (Lipinski definition) is 6. The van der Waals surface area contributed by atoms with Gasteiger partial charge in [-0.1, -0.05) is 119 Å². The summed E-state index contributed by atoms with van der Waals surface area (Å²) < 4.78 is 0. The van der Waals surface area contributed by atoms with Crippen LogP contribution < -0.4 is 0 Å². The van der Waals surface area contributed by atoms with Crippen molar-refractivity contribution in [2.24, 2.45) is 0 Å². The first-order chi connectivity index (χ1) is 38.9. The number of rotatable bonds is 8. The molecule has 6 N–H and O–H groups in total. The van der Waals surface area contributed by atoms with Crippen LogP contribution in [-0.2, 0) is 0 Å². The molecule has 0 aliphatic carbocycles. The fourth-order valence-corrected chi connectivity index (χ4v) is 11.4. The van der Waals surface area contributed by atoms with Gasteiger partial charge in [0.1, 0.15) is 23.0 Å². The molecule has 5 heterocycles. The van der Waals surface area contributed by atoms with Crippen LogP contribution in [0.1, 0.15) is 22.8 Å². The minimum atomic E-state index is 0.155. The number of nitrogens with one attached hydrogen (secondary N) is 2. The Balaban J connectivity index is 1.17. The largest absolute Gasteiger partial charge is 0.508 e. The van der Waals surface area contributed by atoms with Gasteiger partial charge < -0.3 is 30.4 Å². The van der Waals surface area contributed by atoms with E-state index >= 15 is 0 Å². The van der Waals surface area contributed by atoms with Crippen LogP contribution in [0, 0.1) is 0 Å². The molecule has 2 aliphatic rings. The van der Waals surface area contributed by atoms with Crippen LogP contribution in [-0.4, -0.2) is 40.4 Å². The van der Waals surface area contributed by atoms with E-state index in [4.69, 9.17) is 56.4 Å². The summed E-state index contributed by atoms with van der Waals surface area (Å²) in [7, 11) is 0. The van der Waals surface area contributed by atoms with Gasteiger partial charge in [-0.3, -0.25) is 0 Å². The predicted molar refractivity (Wildman–Crippen MR) is 329 cm³/mol. The van der Waals surface area contributed by atoms with E-state index in [0.717, 1.165) is 44.5 Å². The van der Waals surface area contributed by atoms with Gasteiger partial charge in [0, 0.05) is 86.7 Å². The molecule has 8 bridgehead atoms. The molecule has 8 nitrogen and oxygen atoms in total. The molecule has 12 heteroatoms. The highest BCUT2D eigenvalue weighted by molar-refractivity contribution is 6.35. The molecule has 2 aliphatic heterocycles. The number of benzene rings is 8. The molecular formula is C68H42Cl4N4O4. The zero-order valence-corrected chi connectivity index (χ0v) is 45.0. The van der Waals surface area contributed by atoms with Crippen molar-refractivity contribution in [2.75, 3.05) is 0 Å². The van der Waals surface area contributed by atoms with Crippen molar-refractivity contribution in [1.82, 2.24) is 19.9 Å². The summed E-state index contributed by atoms with van der Waals surface area (Å²) in [5, 5.41) is 42.9. The first kappa shape index (κ1) is 50.2. The lowest BCUT2D eigenvalue weighted by Crippen LogP contribution is -1.92. The summed E-state index contributed by atoms with van der Waals surface area (Å²) in [5.41, 5.74) is 17.7. The standard InChI is InChI=1S/C68H42Cl4N4O4/c69-53-21-9-41(37-1-13-45(77)14-2-37)33-49(53)65-57-25-27-59(73-57)66(50-34-42(10-22-54(50)70)38-3-15-46(78)16-4-38)61-29-31-63(75-61)68(52-36-44(12-24-56(52)72)40-7-19-48(80)20-8-40)64-32-30-62(76-64)67(60-28-26-58(65)74-60)51-35-43(11-23-55(51)71)39-5-17-47(79)18-6-39/h1-36,73,76-80H. The molecule has 386 valence electrons. The van der Waals surface area contributed by atoms with Crippen LogP contribution in [0.15, 0.2) is 194 Å². The quantitative estimate of drug-likeness (QED) is 0.0896. The van der Waals surface area contributed by atoms with Gasteiger partial charge in [-0.05, 0) is 190 Å². The SMILES string of the molecule is Oc1ccc(-c2ccc(Cl)c(-c3c4nc(c(-c5cc(-c6ccc(O)cc6)ccc5Cl)c5ccc([nH]5)c(-c5cc(-c6ccc(O)cc6)ccc5Cl)c5nc(c(-c6cc(-c7ccc(O)cc7)ccc6Cl)c6ccc3[nH]6)C=C5)C=C4)c2)cc1. The number of nitrogens with zero attached hydrogens (tertiary/aromatic N) is 2. The molecule has 8 aromatic carbocycles. The molecule has 11 aromatic rings. The average molecular weight is 1120 g/mol. The second-order valence-electron chi connectivity index (χ2n) is 19.5. The molecule has 0 saturated carbocycles. The second-order valence-corrected chi connectivity index (χ2v) is 21.1. The Bertz CT molecular complexity index is 3980. The molecule has 0 unspecified atom stereocenters. The average Bonchev–Trinajstić information content (AvgIpc) is 4.37. The van der Waals surface area contributed by atoms with Crippen LogP contribution in [0.3, 0.4) is 0 Å². The summed E-state index contributed by atoms with van der Waals surface area (Å²) >= 11 is 29.4. The third-order valence-electron chi connectivity index (χ3n) is 14.5. The topological polar surface area (TPSA) is 138 Å². The Morgan fingerprint density at radius 3 is 0.662 bits per heavy atom. The van der Waals surface area contributed by atoms with Crippen molar-refractivity contribution < 1.29 is 20.4 Å². The third kappa shape index (κ3) is 9.44. The molecule has 13 rings (SSSR count). The van der Waals surface area contributed by atoms with E-state index in [1.54, 1.807) is 48.5 Å². The fraction of sp³-hybridized carbons (Fsp3) is 0. The van der Waals surface area contributed by atoms with Gasteiger partial charge in [-0.15, -0.1) is 0 Å². The molecule has 0 radical (unpaired) electrons. The number of aromatic hydroxyl groups is 4. The Hall–Kier alpha value is -9.28. The predicted octanol–water partition coefficient (Wildman–Crippen LogP) is 19.4. The van der Waals surface area contributed by atoms with E-state index in [1.807, 2.05) is 170 Å². The maximum Gasteiger partial charge on any atom is 0.115 e. The van der Waals surface area contributed by atoms with Gasteiger partial charge in [-0.2, -0.15) is 0 Å². The number of hydrogen-bond donors (Lipinski definition) is 6. The van der Waals surface area contributed by atoms with E-state index in [0.29, 0.717) is 109 Å². The summed E-state index contributed by atoms with van der Waals surface area (Å²) in [6.07, 6.45) is 7.92. The zero-order valence-electron chi connectivity index (χ0n) is 42.0. The number of phenolic OH excluding ortho intramolecular Hbond substituents is 4. The lowest BCUT2D eigenvalue weighted by atomic mass is 9.97. The van der Waals surface area contributed by atoms with Crippen molar-refractivity contribution in [2.45, 2.75) is 0 Å². The van der Waals surface area contributed by atoms with Crippen LogP contribution in [0.5, 0.6) is 23.0 Å². The fourth-order valence-electron chi connectivity index (χ4n) is 10.5. The normalized spacial score (nSPS) is 11.8. The van der Waals surface area contributed by atoms with Crippen molar-refractivity contribution in [1.29, 1.82) is 0 Å². The van der Waals surface area contributed by atoms with E-state index in [-0.39, 0.29) is 23.0 Å². The van der Waals surface area contributed by atoms with Gasteiger partial charge in [0.25, 0.3) is 0 Å². The lowest BCUT2D eigenvalue weighted by molar-refractivity contribution is 0.475. The molecule has 0 amide bonds. The summed E-state index contributed by atoms with van der Waals surface area (Å²) in [6.45, 7) is 0. The Morgan fingerprint density at radius 2 is 0.450 bits per heavy atom. The number of phenols is 4. The smallest absolute Gasteiger partial charge is 0.115 e. The lowest BCUT2D eigenvalue weighted by Gasteiger charge is -2.12. The van der Waals surface area contributed by atoms with Crippen molar-refractivity contribution in [3.05, 3.63) is 237 Å². The first-order valence-electron chi connectivity index (χ1n) is 25.4. The molecule has 80 heavy (non-hydrogen) atoms. The third-order valence-corrected chi connectivity index (χ3v) is 15.8. The van der Waals surface area contributed by atoms with E-state index < -0.39 is 0 Å². The van der Waals surface area contributed by atoms with Gasteiger partial charge in [-0.25, -0.2) is 9.97 Å². The number of aromatic amines is 2. The highest BCUT2D eigenvalue weighted by atomic mass is 35.5. The van der Waals surface area contributed by atoms with Crippen LogP contribution in [0.4, 0.5) is 0 Å². The van der Waals surface area contributed by atoms with Crippen molar-refractivity contribution in [3.8, 4) is 112 Å². The highest BCUT2D eigenvalue weighted by Gasteiger charge is 2.23. The van der Waals surface area contributed by atoms with E-state index in [2.05, 4.69) is 9.97 Å². The Labute approximate surface area is 479 Å². The minimum Gasteiger partial charge on any atom is -0.508 e. The zero-order chi connectivity index (χ0) is 54.8. The Kier molecular flexibility index (Phi) is 12.9. The summed E-state index contributed by atoms with van der Waals surface area (Å²) in [6, 6.07) is 59.6. The number of fused-ring (bicyclic) bond motifs is 8. The van der Waals surface area contributed by atoms with Crippen molar-refractivity contribution >= 4 is 92.8 Å². The van der Waals surface area contributed by atoms with Gasteiger partial charge in [0.2, 0.25) is 0 Å². The van der Waals surface area contributed by atoms with E-state index in [9.17, 15) is 20.4 Å². The molecule has 0 spiro atoms. The van der Waals surface area contributed by atoms with Crippen LogP contribution >= 0.6 is 46.4 Å². The maximum atomic E-state index is 10.2. The van der Waals surface area contributed by atoms with Crippen molar-refractivity contribution in [3.63, 3.8) is 0 Å². The van der Waals surface area contributed by atoms with Gasteiger partial charge in [0.15, 0.2) is 0 Å². The highest BCUT2D eigenvalue weighted by Crippen LogP contribution is 2.45. The minimum absolute atomic E-state index is 0.155. The number of aromatic nitrogens is 4. The van der Waals surface area contributed by atoms with E-state index in [1.165, 1.54) is 0 Å².